The summed E-state index contributed by atoms with van der Waals surface area (Å²) in [5, 5.41) is 12.1. The highest BCUT2D eigenvalue weighted by atomic mass is 16.2. The van der Waals surface area contributed by atoms with Crippen LogP contribution >= 0.6 is 0 Å². The summed E-state index contributed by atoms with van der Waals surface area (Å²) < 4.78 is 1.52. The molecule has 196 valence electrons. The summed E-state index contributed by atoms with van der Waals surface area (Å²) in [7, 11) is 0. The van der Waals surface area contributed by atoms with E-state index in [0.29, 0.717) is 29.7 Å². The number of piperidine rings is 1. The lowest BCUT2D eigenvalue weighted by Crippen LogP contribution is -2.46. The van der Waals surface area contributed by atoms with Gasteiger partial charge in [0.1, 0.15) is 17.8 Å². The zero-order valence-electron chi connectivity index (χ0n) is 21.1. The van der Waals surface area contributed by atoms with Crippen LogP contribution in [0.15, 0.2) is 43.4 Å². The third kappa shape index (κ3) is 3.68. The first-order valence-electron chi connectivity index (χ1n) is 12.8. The first-order chi connectivity index (χ1) is 19.0. The fourth-order valence-electron chi connectivity index (χ4n) is 6.16. The van der Waals surface area contributed by atoms with E-state index in [1.807, 2.05) is 17.0 Å². The predicted molar refractivity (Wildman–Crippen MR) is 140 cm³/mol. The van der Waals surface area contributed by atoms with Gasteiger partial charge in [0, 0.05) is 41.5 Å². The maximum Gasteiger partial charge on any atom is 0.292 e. The number of imidazole rings is 1. The first kappa shape index (κ1) is 23.2. The lowest BCUT2D eigenvalue weighted by Gasteiger charge is -2.38. The average molecular weight is 524 g/mol. The standard InChI is InChI=1S/C26H25N11O2/c1-13(38)21-22(15-6-16-3-4-17(7-15)36(16)26(39)24-31-12-32-35-24)34-25-18(9-33-37(25)23(21)27)14-2-5-19(29-8-14)20-10-28-11-30-20/h2,5,8-12,15-17H,3-4,6-7,27H2,1H3,(H,28,30)(H,31,32,35)/t15-,16-,17+. The molecule has 4 N–H and O–H groups in total. The average Bonchev–Trinajstić information content (AvgIpc) is 3.75. The minimum atomic E-state index is -0.161. The monoisotopic (exact) mass is 523 g/mol. The molecular formula is C26H25N11O2. The largest absolute Gasteiger partial charge is 0.383 e. The molecule has 3 atom stereocenters. The van der Waals surface area contributed by atoms with Gasteiger partial charge < -0.3 is 20.6 Å². The molecule has 0 aromatic carbocycles. The summed E-state index contributed by atoms with van der Waals surface area (Å²) in [4.78, 5) is 47.5. The summed E-state index contributed by atoms with van der Waals surface area (Å²) in [5.74, 6) is 0.177. The fourth-order valence-corrected chi connectivity index (χ4v) is 6.16. The van der Waals surface area contributed by atoms with Gasteiger partial charge in [-0.15, -0.1) is 10.2 Å². The number of nitrogens with two attached hydrogens (primary N) is 1. The summed E-state index contributed by atoms with van der Waals surface area (Å²) in [6.45, 7) is 1.50. The second-order valence-electron chi connectivity index (χ2n) is 10.1. The summed E-state index contributed by atoms with van der Waals surface area (Å²) in [6.07, 6.45) is 11.4. The maximum absolute atomic E-state index is 13.1. The van der Waals surface area contributed by atoms with Gasteiger partial charge in [-0.1, -0.05) is 6.07 Å². The van der Waals surface area contributed by atoms with Crippen LogP contribution in [-0.4, -0.2) is 73.4 Å². The molecule has 13 heteroatoms. The van der Waals surface area contributed by atoms with Crippen LogP contribution in [0.4, 0.5) is 5.82 Å². The van der Waals surface area contributed by atoms with Gasteiger partial charge in [-0.3, -0.25) is 14.6 Å². The molecule has 5 aromatic heterocycles. The smallest absolute Gasteiger partial charge is 0.292 e. The van der Waals surface area contributed by atoms with Crippen molar-refractivity contribution in [1.29, 1.82) is 0 Å². The van der Waals surface area contributed by atoms with Gasteiger partial charge >= 0.3 is 0 Å². The Hall–Kier alpha value is -4.94. The zero-order chi connectivity index (χ0) is 26.7. The van der Waals surface area contributed by atoms with E-state index in [9.17, 15) is 9.59 Å². The van der Waals surface area contributed by atoms with Crippen LogP contribution in [0.25, 0.3) is 28.2 Å². The molecular weight excluding hydrogens is 498 g/mol. The fraction of sp³-hybridized carbons (Fsp3) is 0.308. The third-order valence-electron chi connectivity index (χ3n) is 7.87. The van der Waals surface area contributed by atoms with Gasteiger partial charge in [0.15, 0.2) is 11.4 Å². The van der Waals surface area contributed by atoms with E-state index in [0.717, 1.165) is 35.4 Å². The van der Waals surface area contributed by atoms with E-state index < -0.39 is 0 Å². The highest BCUT2D eigenvalue weighted by Crippen LogP contribution is 2.45. The van der Waals surface area contributed by atoms with Crippen molar-refractivity contribution in [3.8, 4) is 22.5 Å². The number of carbonyl (C=O) groups is 2. The minimum Gasteiger partial charge on any atom is -0.383 e. The zero-order valence-corrected chi connectivity index (χ0v) is 21.1. The summed E-state index contributed by atoms with van der Waals surface area (Å²) in [6, 6.07) is 3.88. The van der Waals surface area contributed by atoms with Crippen LogP contribution in [0.2, 0.25) is 0 Å². The van der Waals surface area contributed by atoms with E-state index in [-0.39, 0.29) is 41.3 Å². The Morgan fingerprint density at radius 1 is 1.05 bits per heavy atom. The van der Waals surface area contributed by atoms with Crippen LogP contribution in [0, 0.1) is 0 Å². The molecule has 39 heavy (non-hydrogen) atoms. The SMILES string of the molecule is CC(=O)c1c([C@@H]2C[C@H]3CC[C@@H](C2)N3C(=O)c2nnc[nH]2)nc2c(-c3ccc(-c4c[nH]cn4)nc3)cnn2c1N. The van der Waals surface area contributed by atoms with E-state index in [1.165, 1.54) is 17.8 Å². The Kier molecular flexibility index (Phi) is 5.25. The van der Waals surface area contributed by atoms with Gasteiger partial charge in [-0.2, -0.15) is 9.61 Å². The second-order valence-corrected chi connectivity index (χ2v) is 10.1. The van der Waals surface area contributed by atoms with E-state index in [4.69, 9.17) is 10.7 Å². The molecule has 1 amide bonds. The predicted octanol–water partition coefficient (Wildman–Crippen LogP) is 2.64. The molecule has 2 aliphatic rings. The second kappa shape index (κ2) is 8.82. The van der Waals surface area contributed by atoms with Crippen molar-refractivity contribution in [2.75, 3.05) is 5.73 Å². The molecule has 0 radical (unpaired) electrons. The number of aromatic nitrogens is 9. The Morgan fingerprint density at radius 2 is 1.87 bits per heavy atom. The summed E-state index contributed by atoms with van der Waals surface area (Å²) >= 11 is 0. The molecule has 0 unspecified atom stereocenters. The molecule has 0 aliphatic carbocycles. The number of aromatic amines is 2. The number of pyridine rings is 1. The Morgan fingerprint density at radius 3 is 2.51 bits per heavy atom. The van der Waals surface area contributed by atoms with Gasteiger partial charge in [0.05, 0.1) is 29.5 Å². The van der Waals surface area contributed by atoms with Crippen molar-refractivity contribution in [2.24, 2.45) is 0 Å². The normalized spacial score (nSPS) is 20.5. The minimum absolute atomic E-state index is 0.0218. The van der Waals surface area contributed by atoms with Crippen molar-refractivity contribution in [1.82, 2.24) is 49.6 Å². The lowest BCUT2D eigenvalue weighted by atomic mass is 9.85. The number of ketones is 1. The summed E-state index contributed by atoms with van der Waals surface area (Å²) in [5.41, 5.74) is 11.3. The van der Waals surface area contributed by atoms with Crippen molar-refractivity contribution in [3.63, 3.8) is 0 Å². The van der Waals surface area contributed by atoms with Crippen LogP contribution in [0.1, 0.15) is 65.2 Å². The molecule has 5 aromatic rings. The molecule has 2 bridgehead atoms. The number of Topliss-reactive ketones (excluding diaryl/α,β-unsaturated/α-hetero) is 1. The molecule has 2 aliphatic heterocycles. The third-order valence-corrected chi connectivity index (χ3v) is 7.87. The van der Waals surface area contributed by atoms with Gasteiger partial charge in [0.25, 0.3) is 5.91 Å². The molecule has 0 spiro atoms. The molecule has 7 rings (SSSR count). The Labute approximate surface area is 221 Å². The number of carbonyl (C=O) groups excluding carboxylic acids is 2. The number of nitrogens with one attached hydrogen (secondary N) is 2. The molecule has 0 saturated carbocycles. The van der Waals surface area contributed by atoms with Gasteiger partial charge in [-0.05, 0) is 38.7 Å². The topological polar surface area (TPSA) is 177 Å². The number of hydrogen-bond donors (Lipinski definition) is 3. The van der Waals surface area contributed by atoms with Crippen molar-refractivity contribution in [3.05, 3.63) is 60.5 Å². The number of hydrogen-bond acceptors (Lipinski definition) is 9. The number of amides is 1. The number of anilines is 1. The number of nitrogens with zero attached hydrogens (tertiary/aromatic N) is 8. The molecule has 7 heterocycles. The van der Waals surface area contributed by atoms with Crippen molar-refractivity contribution < 1.29 is 9.59 Å². The highest BCUT2D eigenvalue weighted by molar-refractivity contribution is 6.00. The van der Waals surface area contributed by atoms with Gasteiger partial charge in [-0.25, -0.2) is 9.97 Å². The molecule has 2 fully saturated rings. The molecule has 2 saturated heterocycles. The van der Waals surface area contributed by atoms with E-state index in [2.05, 4.69) is 35.2 Å². The Bertz CT molecular complexity index is 1680. The number of nitrogen functional groups attached to an aromatic ring is 1. The number of rotatable bonds is 5. The quantitative estimate of drug-likeness (QED) is 0.292. The van der Waals surface area contributed by atoms with Crippen LogP contribution in [-0.2, 0) is 0 Å². The van der Waals surface area contributed by atoms with Crippen LogP contribution < -0.4 is 5.73 Å². The van der Waals surface area contributed by atoms with Crippen LogP contribution in [0.3, 0.4) is 0 Å². The Balaban J connectivity index is 1.27. The van der Waals surface area contributed by atoms with Crippen molar-refractivity contribution >= 4 is 23.2 Å². The van der Waals surface area contributed by atoms with Crippen molar-refractivity contribution in [2.45, 2.75) is 50.6 Å². The van der Waals surface area contributed by atoms with E-state index >= 15 is 0 Å². The maximum atomic E-state index is 13.1. The lowest BCUT2D eigenvalue weighted by molar-refractivity contribution is 0.0556. The van der Waals surface area contributed by atoms with E-state index in [1.54, 1.807) is 24.9 Å². The first-order valence-corrected chi connectivity index (χ1v) is 12.8. The number of fused-ring (bicyclic) bond motifs is 3. The molecule has 13 nitrogen and oxygen atoms in total. The van der Waals surface area contributed by atoms with Gasteiger partial charge in [0.2, 0.25) is 5.82 Å². The highest BCUT2D eigenvalue weighted by Gasteiger charge is 2.45. The van der Waals surface area contributed by atoms with Crippen LogP contribution in [0.5, 0.6) is 0 Å². The number of H-pyrrole nitrogens is 2.